The van der Waals surface area contributed by atoms with Gasteiger partial charge in [-0.1, -0.05) is 47.1 Å². The molecule has 3 rings (SSSR count). The highest BCUT2D eigenvalue weighted by Crippen LogP contribution is 2.31. The molecule has 0 bridgehead atoms. The van der Waals surface area contributed by atoms with Crippen molar-refractivity contribution in [2.24, 2.45) is 7.05 Å². The van der Waals surface area contributed by atoms with Gasteiger partial charge in [0.25, 0.3) is 0 Å². The Labute approximate surface area is 171 Å². The van der Waals surface area contributed by atoms with E-state index in [4.69, 9.17) is 27.9 Å². The molecule has 0 amide bonds. The third-order valence-corrected chi connectivity index (χ3v) is 5.74. The average Bonchev–Trinajstić information content (AvgIpc) is 2.98. The maximum absolute atomic E-state index is 13.9. The van der Waals surface area contributed by atoms with Gasteiger partial charge in [-0.05, 0) is 43.7 Å². The monoisotopic (exact) mass is 425 g/mol. The van der Waals surface area contributed by atoms with Crippen LogP contribution in [0.25, 0.3) is 0 Å². The first-order valence-corrected chi connectivity index (χ1v) is 9.98. The lowest BCUT2D eigenvalue weighted by atomic mass is 10.2. The van der Waals surface area contributed by atoms with Gasteiger partial charge >= 0.3 is 0 Å². The zero-order chi connectivity index (χ0) is 19.6. The molecule has 0 N–H and O–H groups in total. The lowest BCUT2D eigenvalue weighted by Gasteiger charge is -2.15. The number of hydrogen-bond acceptors (Lipinski definition) is 4. The molecule has 3 aromatic rings. The zero-order valence-corrected chi connectivity index (χ0v) is 17.4. The zero-order valence-electron chi connectivity index (χ0n) is 15.0. The van der Waals surface area contributed by atoms with Crippen molar-refractivity contribution in [3.63, 3.8) is 0 Å². The summed E-state index contributed by atoms with van der Waals surface area (Å²) in [6, 6.07) is 10.3. The molecule has 2 aromatic carbocycles. The van der Waals surface area contributed by atoms with Crippen LogP contribution in [0.2, 0.25) is 10.0 Å². The largest absolute Gasteiger partial charge is 0.481 e. The number of nitrogens with zero attached hydrogens (tertiary/aromatic N) is 3. The van der Waals surface area contributed by atoms with Gasteiger partial charge in [0.15, 0.2) is 17.1 Å². The molecule has 1 atom stereocenters. The quantitative estimate of drug-likeness (QED) is 0.453. The number of aromatic nitrogens is 3. The maximum atomic E-state index is 13.9. The second-order valence-electron chi connectivity index (χ2n) is 6.08. The summed E-state index contributed by atoms with van der Waals surface area (Å²) < 4.78 is 21.7. The number of hydrogen-bond donors (Lipinski definition) is 0. The third kappa shape index (κ3) is 4.57. The molecule has 0 saturated carbocycles. The molecule has 1 heterocycles. The van der Waals surface area contributed by atoms with E-state index in [-0.39, 0.29) is 11.9 Å². The van der Waals surface area contributed by atoms with Gasteiger partial charge < -0.3 is 9.30 Å². The van der Waals surface area contributed by atoms with Crippen molar-refractivity contribution >= 4 is 35.0 Å². The molecular weight excluding hydrogens is 408 g/mol. The van der Waals surface area contributed by atoms with Crippen LogP contribution in [0.1, 0.15) is 30.0 Å². The second-order valence-corrected chi connectivity index (χ2v) is 7.84. The van der Waals surface area contributed by atoms with Gasteiger partial charge in [-0.2, -0.15) is 0 Å². The van der Waals surface area contributed by atoms with E-state index in [1.165, 1.54) is 17.8 Å². The first-order chi connectivity index (χ1) is 12.9. The van der Waals surface area contributed by atoms with Crippen molar-refractivity contribution in [2.45, 2.75) is 30.9 Å². The molecule has 1 unspecified atom stereocenters. The van der Waals surface area contributed by atoms with Crippen molar-refractivity contribution in [3.05, 3.63) is 69.2 Å². The molecule has 0 aliphatic rings. The number of halogens is 3. The fourth-order valence-corrected chi connectivity index (χ4v) is 3.98. The van der Waals surface area contributed by atoms with E-state index in [0.29, 0.717) is 38.1 Å². The van der Waals surface area contributed by atoms with Crippen molar-refractivity contribution in [1.29, 1.82) is 0 Å². The predicted octanol–water partition coefficient (Wildman–Crippen LogP) is 6.00. The normalized spacial score (nSPS) is 12.2. The standard InChI is InChI=1S/C19H18Cl2FN3OS/c1-11-7-8-15(21)17(9-11)26-12(2)18-23-24-19(25(18)3)27-10-13-14(20)5-4-6-16(13)22/h4-9,12H,10H2,1-3H3. The van der Waals surface area contributed by atoms with Crippen LogP contribution >= 0.6 is 35.0 Å². The topological polar surface area (TPSA) is 39.9 Å². The first-order valence-electron chi connectivity index (χ1n) is 8.24. The molecule has 8 heteroatoms. The van der Waals surface area contributed by atoms with Crippen LogP contribution in [0, 0.1) is 12.7 Å². The fraction of sp³-hybridized carbons (Fsp3) is 0.263. The molecule has 27 heavy (non-hydrogen) atoms. The minimum atomic E-state index is -0.354. The highest BCUT2D eigenvalue weighted by Gasteiger charge is 2.19. The van der Waals surface area contributed by atoms with Crippen molar-refractivity contribution in [1.82, 2.24) is 14.8 Å². The summed E-state index contributed by atoms with van der Waals surface area (Å²) in [6.45, 7) is 3.85. The number of rotatable bonds is 6. The molecule has 0 aliphatic heterocycles. The summed E-state index contributed by atoms with van der Waals surface area (Å²) in [5, 5.41) is 10.00. The lowest BCUT2D eigenvalue weighted by molar-refractivity contribution is 0.211. The Balaban J connectivity index is 1.73. The minimum absolute atomic E-state index is 0.330. The van der Waals surface area contributed by atoms with E-state index >= 15 is 0 Å². The number of benzene rings is 2. The van der Waals surface area contributed by atoms with Gasteiger partial charge in [0.05, 0.1) is 5.02 Å². The van der Waals surface area contributed by atoms with E-state index in [0.717, 1.165) is 5.56 Å². The Hall–Kier alpha value is -1.76. The summed E-state index contributed by atoms with van der Waals surface area (Å²) >= 11 is 13.6. The molecule has 0 saturated heterocycles. The molecule has 0 fully saturated rings. The first kappa shape index (κ1) is 20.0. The third-order valence-electron chi connectivity index (χ3n) is 4.03. The summed E-state index contributed by atoms with van der Waals surface area (Å²) in [5.74, 6) is 1.27. The van der Waals surface area contributed by atoms with Gasteiger partial charge in [0.2, 0.25) is 0 Å². The van der Waals surface area contributed by atoms with Crippen molar-refractivity contribution in [2.75, 3.05) is 0 Å². The number of aryl methyl sites for hydroxylation is 1. The van der Waals surface area contributed by atoms with E-state index < -0.39 is 0 Å². The minimum Gasteiger partial charge on any atom is -0.481 e. The Morgan fingerprint density at radius 1 is 1.19 bits per heavy atom. The number of thioether (sulfide) groups is 1. The summed E-state index contributed by atoms with van der Waals surface area (Å²) in [4.78, 5) is 0. The van der Waals surface area contributed by atoms with Gasteiger partial charge in [0.1, 0.15) is 11.6 Å². The summed E-state index contributed by atoms with van der Waals surface area (Å²) in [5.41, 5.74) is 1.50. The lowest BCUT2D eigenvalue weighted by Crippen LogP contribution is -2.10. The molecule has 0 radical (unpaired) electrons. The van der Waals surface area contributed by atoms with Gasteiger partial charge in [-0.15, -0.1) is 10.2 Å². The fourth-order valence-electron chi connectivity index (χ4n) is 2.56. The summed E-state index contributed by atoms with van der Waals surface area (Å²) in [7, 11) is 1.85. The van der Waals surface area contributed by atoms with Gasteiger partial charge in [0, 0.05) is 23.4 Å². The van der Waals surface area contributed by atoms with Crippen molar-refractivity contribution < 1.29 is 9.13 Å². The number of ether oxygens (including phenoxy) is 1. The Kier molecular flexibility index (Phi) is 6.29. The van der Waals surface area contributed by atoms with Crippen LogP contribution in [-0.4, -0.2) is 14.8 Å². The highest BCUT2D eigenvalue weighted by atomic mass is 35.5. The van der Waals surface area contributed by atoms with Gasteiger partial charge in [-0.3, -0.25) is 0 Å². The molecule has 0 aliphatic carbocycles. The molecule has 0 spiro atoms. The van der Waals surface area contributed by atoms with E-state index in [9.17, 15) is 4.39 Å². The van der Waals surface area contributed by atoms with E-state index in [1.807, 2.05) is 37.6 Å². The second kappa shape index (κ2) is 8.50. The van der Waals surface area contributed by atoms with Crippen LogP contribution in [0.3, 0.4) is 0 Å². The van der Waals surface area contributed by atoms with Crippen LogP contribution in [0.5, 0.6) is 5.75 Å². The molecular formula is C19H18Cl2FN3OS. The molecule has 4 nitrogen and oxygen atoms in total. The average molecular weight is 426 g/mol. The highest BCUT2D eigenvalue weighted by molar-refractivity contribution is 7.98. The SMILES string of the molecule is Cc1ccc(Cl)c(OC(C)c2nnc(SCc3c(F)cccc3Cl)n2C)c1. The Morgan fingerprint density at radius 2 is 1.96 bits per heavy atom. The summed E-state index contributed by atoms with van der Waals surface area (Å²) in [6.07, 6.45) is -0.354. The van der Waals surface area contributed by atoms with Crippen molar-refractivity contribution in [3.8, 4) is 5.75 Å². The molecule has 142 valence electrons. The van der Waals surface area contributed by atoms with E-state index in [2.05, 4.69) is 10.2 Å². The van der Waals surface area contributed by atoms with Gasteiger partial charge in [-0.25, -0.2) is 4.39 Å². The molecule has 1 aromatic heterocycles. The smallest absolute Gasteiger partial charge is 0.191 e. The Bertz CT molecular complexity index is 944. The Morgan fingerprint density at radius 3 is 2.70 bits per heavy atom. The van der Waals surface area contributed by atoms with Crippen LogP contribution in [-0.2, 0) is 12.8 Å². The maximum Gasteiger partial charge on any atom is 0.191 e. The van der Waals surface area contributed by atoms with E-state index in [1.54, 1.807) is 18.2 Å². The van der Waals surface area contributed by atoms with Crippen LogP contribution in [0.15, 0.2) is 41.6 Å². The van der Waals surface area contributed by atoms with Crippen LogP contribution < -0.4 is 4.74 Å². The van der Waals surface area contributed by atoms with Crippen LogP contribution in [0.4, 0.5) is 4.39 Å². The predicted molar refractivity (Wildman–Crippen MR) is 107 cm³/mol.